The monoisotopic (exact) mass is 494 g/mol. The van der Waals surface area contributed by atoms with Gasteiger partial charge < -0.3 is 0 Å². The second-order valence-corrected chi connectivity index (χ2v) is 2.12. The molecule has 0 radical (unpaired) electrons. The Balaban J connectivity index is -0.00000000406. The Hall–Kier alpha value is 1.46. The van der Waals surface area contributed by atoms with Gasteiger partial charge in [-0.05, 0) is 0 Å². The fourth-order valence-electron chi connectivity index (χ4n) is 0. The van der Waals surface area contributed by atoms with Gasteiger partial charge in [0.2, 0.25) is 0 Å². The number of rotatable bonds is 0. The first-order chi connectivity index (χ1) is 9.66. The molecular weight excluding hydrogens is 422 g/mol. The third-order valence-electron chi connectivity index (χ3n) is 0. The summed E-state index contributed by atoms with van der Waals surface area (Å²) < 4.78 is 27.7. The fraction of sp³-hybridized carbons (Fsp3) is 1.00. The first-order valence-corrected chi connectivity index (χ1v) is 6.24. The van der Waals surface area contributed by atoms with E-state index in [-0.39, 0.29) is 17.4 Å². The van der Waals surface area contributed by atoms with E-state index in [0.717, 1.165) is 0 Å². The molecule has 0 nitrogen and oxygen atoms in total. The van der Waals surface area contributed by atoms with Gasteiger partial charge in [-0.15, -0.1) is 23.8 Å². The summed E-state index contributed by atoms with van der Waals surface area (Å²) in [5.74, 6) is 0. The number of halogens is 2. The summed E-state index contributed by atoms with van der Waals surface area (Å²) in [6, 6.07) is 0. The van der Waals surface area contributed by atoms with Crippen LogP contribution in [0.15, 0.2) is 0 Å². The molecule has 0 aliphatic carbocycles. The summed E-state index contributed by atoms with van der Waals surface area (Å²) in [6.45, 7) is 20.8. The van der Waals surface area contributed by atoms with Crippen LogP contribution in [-0.4, -0.2) is 1.78 Å². The van der Waals surface area contributed by atoms with Crippen LogP contribution in [0.25, 0.3) is 0 Å². The van der Waals surface area contributed by atoms with Crippen LogP contribution in [0.4, 0.5) is 0 Å². The van der Waals surface area contributed by atoms with Crippen LogP contribution < -0.4 is 23.6 Å². The summed E-state index contributed by atoms with van der Waals surface area (Å²) >= 11 is 0.490. The van der Waals surface area contributed by atoms with Crippen molar-refractivity contribution >= 4 is 23.8 Å². The molecule has 0 aromatic rings. The Morgan fingerprint density at radius 2 is 0.938 bits per heavy atom. The van der Waals surface area contributed by atoms with Crippen molar-refractivity contribution in [3.05, 3.63) is 0 Å². The van der Waals surface area contributed by atoms with Crippen LogP contribution in [0.1, 0.15) is 109 Å². The van der Waals surface area contributed by atoms with E-state index in [4.69, 9.17) is 4.75 Å². The predicted molar refractivity (Wildman–Crippen MR) is 112 cm³/mol. The zero-order valence-corrected chi connectivity index (χ0v) is 17.2. The van der Waals surface area contributed by atoms with E-state index in [2.05, 4.69) is 41.5 Å². The molecule has 0 aromatic heterocycles. The Labute approximate surface area is 158 Å². The molecule has 0 unspecified atom stereocenters. The second-order valence-electron chi connectivity index (χ2n) is 2.12. The van der Waals surface area contributed by atoms with E-state index in [1.165, 1.54) is 43.0 Å². The molecule has 0 saturated heterocycles. The average molecular weight is 495 g/mol. The first kappa shape index (κ1) is 26.1. The fourth-order valence-corrected chi connectivity index (χ4v) is 0. The van der Waals surface area contributed by atoms with Crippen LogP contribution in [0, 0.1) is 0 Å². The molecule has 0 rings (SSSR count). The topological polar surface area (TPSA) is 0 Å². The van der Waals surface area contributed by atoms with Gasteiger partial charge in [-0.1, -0.05) is 95.9 Å². The molecule has 0 aliphatic rings. The SMILES string of the molecule is C.CC.CC.CCC.CCC.CCC.[2HH].[2HH].[2HH].[2HH].[2HH].[2HH].[2HH].[2H]I.[2H][3H].[2H][I-][2H]. The molecule has 0 saturated carbocycles. The normalized spacial score (nSPS) is 6.56. The van der Waals surface area contributed by atoms with Crippen LogP contribution >= 0.6 is 23.8 Å². The van der Waals surface area contributed by atoms with Gasteiger partial charge in [0.25, 0.3) is 0 Å². The predicted octanol–water partition coefficient (Wildman–Crippen LogP) is 5.99. The third kappa shape index (κ3) is 1520. The molecule has 0 atom stereocenters. The average Bonchev–Trinajstić information content (AvgIpc) is 2.50. The van der Waals surface area contributed by atoms with Crippen molar-refractivity contribution < 1.29 is 36.5 Å². The van der Waals surface area contributed by atoms with Crippen molar-refractivity contribution in [3.63, 3.8) is 0 Å². The van der Waals surface area contributed by atoms with E-state index < -0.39 is 23.6 Å². The molecule has 0 aliphatic heterocycles. The Bertz CT molecular complexity index is 44.3. The molecule has 0 amide bonds. The quantitative estimate of drug-likeness (QED) is 0.363. The molecule has 16 heavy (non-hydrogen) atoms. The summed E-state index contributed by atoms with van der Waals surface area (Å²) in [5, 5.41) is 0. The third-order valence-corrected chi connectivity index (χ3v) is 0. The summed E-state index contributed by atoms with van der Waals surface area (Å²) in [6.07, 6.45) is 3.75. The molecule has 0 heterocycles. The zero-order valence-electron chi connectivity index (χ0n) is 17.9. The summed E-state index contributed by atoms with van der Waals surface area (Å²) in [5.41, 5.74) is 0. The molecule has 0 fully saturated rings. The molecule has 130 valence electrons. The van der Waals surface area contributed by atoms with Crippen molar-refractivity contribution in [2.24, 2.45) is 0 Å². The Morgan fingerprint density at radius 3 is 0.938 bits per heavy atom. The molecular formula is C14H59I2-. The maximum absolute atomic E-state index is 5.98. The molecule has 0 aromatic carbocycles. The molecule has 0 bridgehead atoms. The first-order valence-electron chi connectivity index (χ1n) is 8.38. The zero-order chi connectivity index (χ0) is 18.8. The van der Waals surface area contributed by atoms with Gasteiger partial charge in [-0.3, -0.25) is 0 Å². The molecule has 0 spiro atoms. The standard InChI is InChI=1S/3C3H8.2C2H6.CH4.H2I.HI.8H2/c3*1-3-2;2*1-2;;;;;;;;;;;/h3*3H2,1-2H3;2*1-2H3;1H4;1H2;9*1H/q;;;;;;-1;;;;;;;;;/i;;;;;;1D2;;1+2D;7*1+1/hD. The van der Waals surface area contributed by atoms with Crippen molar-refractivity contribution in [1.29, 1.82) is 1.78 Å². The number of hydrogen-bond acceptors (Lipinski definition) is 0. The van der Waals surface area contributed by atoms with E-state index in [1.807, 2.05) is 27.7 Å². The van der Waals surface area contributed by atoms with Gasteiger partial charge in [0.1, 0.15) is 0.594 Å². The second kappa shape index (κ2) is 198. The van der Waals surface area contributed by atoms with Crippen LogP contribution in [0.3, 0.4) is 0 Å². The minimum absolute atomic E-state index is 0. The molecule has 0 N–H and O–H groups in total. The van der Waals surface area contributed by atoms with E-state index >= 15 is 0 Å². The van der Waals surface area contributed by atoms with Crippen molar-refractivity contribution in [2.75, 3.05) is 0 Å². The van der Waals surface area contributed by atoms with Gasteiger partial charge in [0.15, 0.2) is 0 Å². The summed E-state index contributed by atoms with van der Waals surface area (Å²) in [4.78, 5) is 0. The summed E-state index contributed by atoms with van der Waals surface area (Å²) in [7, 11) is 0. The van der Waals surface area contributed by atoms with Crippen LogP contribution in [-0.2, 0) is 0 Å². The van der Waals surface area contributed by atoms with Gasteiger partial charge in [0.05, 0.1) is 0 Å². The molecule has 2 heteroatoms. The Morgan fingerprint density at radius 1 is 0.938 bits per heavy atom. The van der Waals surface area contributed by atoms with E-state index in [1.54, 1.807) is 0 Å². The number of hydrogen-bond donors (Lipinski definition) is 0. The van der Waals surface area contributed by atoms with Gasteiger partial charge in [-0.25, -0.2) is 0 Å². The minimum atomic E-state index is -0.910. The van der Waals surface area contributed by atoms with E-state index in [9.17, 15) is 0 Å². The van der Waals surface area contributed by atoms with Gasteiger partial charge in [-0.2, -0.15) is 0 Å². The van der Waals surface area contributed by atoms with Crippen LogP contribution in [0.5, 0.6) is 0 Å². The van der Waals surface area contributed by atoms with Crippen molar-refractivity contribution in [3.8, 4) is 0 Å². The van der Waals surface area contributed by atoms with Gasteiger partial charge in [0, 0.05) is 13.0 Å². The van der Waals surface area contributed by atoms with E-state index in [0.29, 0.717) is 0 Å². The van der Waals surface area contributed by atoms with Crippen molar-refractivity contribution in [2.45, 2.75) is 95.9 Å². The maximum atomic E-state index is 5.98. The van der Waals surface area contributed by atoms with Gasteiger partial charge >= 0.3 is 24.8 Å². The Kier molecular flexibility index (Phi) is 323. The van der Waals surface area contributed by atoms with Crippen molar-refractivity contribution in [1.82, 2.24) is 0 Å². The van der Waals surface area contributed by atoms with Crippen LogP contribution in [0.2, 0.25) is 0 Å².